The van der Waals surface area contributed by atoms with Gasteiger partial charge in [-0.05, 0) is 5.56 Å². The van der Waals surface area contributed by atoms with Crippen molar-refractivity contribution in [1.29, 1.82) is 0 Å². The predicted octanol–water partition coefficient (Wildman–Crippen LogP) is 0.256. The fourth-order valence-corrected chi connectivity index (χ4v) is 1.21. The molecule has 0 saturated carbocycles. The minimum Gasteiger partial charge on any atom is -0.356 e. The second-order valence-electron chi connectivity index (χ2n) is 3.01. The Hall–Kier alpha value is -1.47. The maximum atomic E-state index is 11.3. The molecule has 16 heavy (non-hydrogen) atoms. The van der Waals surface area contributed by atoms with E-state index in [1.807, 2.05) is 0 Å². The smallest absolute Gasteiger partial charge is 0.356 e. The van der Waals surface area contributed by atoms with Crippen molar-refractivity contribution >= 4 is 5.97 Å². The van der Waals surface area contributed by atoms with Crippen molar-refractivity contribution < 1.29 is 24.8 Å². The summed E-state index contributed by atoms with van der Waals surface area (Å²) in [5, 5.41) is 20.0. The zero-order chi connectivity index (χ0) is 12.0. The van der Waals surface area contributed by atoms with E-state index in [2.05, 4.69) is 14.9 Å². The molecule has 0 aliphatic rings. The molecule has 0 heterocycles. The van der Waals surface area contributed by atoms with E-state index in [-0.39, 0.29) is 0 Å². The summed E-state index contributed by atoms with van der Waals surface area (Å²) >= 11 is 0. The normalized spacial score (nSPS) is 14.2. The number of nitrogens with one attached hydrogen (secondary N) is 1. The molecule has 0 saturated heterocycles. The summed E-state index contributed by atoms with van der Waals surface area (Å²) in [6, 6.07) is 7.51. The van der Waals surface area contributed by atoms with Crippen LogP contribution < -0.4 is 5.32 Å². The van der Waals surface area contributed by atoms with Crippen LogP contribution in [0.1, 0.15) is 11.6 Å². The molecule has 6 heteroatoms. The lowest BCUT2D eigenvalue weighted by molar-refractivity contribution is -0.239. The fraction of sp³-hybridized carbons (Fsp3) is 0.300. The highest BCUT2D eigenvalue weighted by Gasteiger charge is 2.24. The lowest BCUT2D eigenvalue weighted by Gasteiger charge is -2.18. The maximum Gasteiger partial charge on any atom is 0.363 e. The summed E-state index contributed by atoms with van der Waals surface area (Å²) in [6.07, 6.45) is -1.33. The van der Waals surface area contributed by atoms with Gasteiger partial charge in [-0.3, -0.25) is 10.2 Å². The summed E-state index contributed by atoms with van der Waals surface area (Å²) in [5.74, 6) is -0.928. The topological polar surface area (TPSA) is 88.0 Å². The number of carbonyl (C=O) groups is 1. The lowest BCUT2D eigenvalue weighted by Crippen LogP contribution is -2.38. The summed E-state index contributed by atoms with van der Waals surface area (Å²) in [4.78, 5) is 14.9. The minimum atomic E-state index is -1.33. The Balaban J connectivity index is 2.84. The summed E-state index contributed by atoms with van der Waals surface area (Å²) in [5.41, 5.74) is 0.539. The van der Waals surface area contributed by atoms with Gasteiger partial charge < -0.3 is 9.84 Å². The van der Waals surface area contributed by atoms with Crippen LogP contribution in [-0.2, 0) is 14.4 Å². The number of aliphatic hydroxyl groups is 1. The number of ether oxygens (including phenoxy) is 1. The quantitative estimate of drug-likeness (QED) is 0.380. The van der Waals surface area contributed by atoms with Crippen LogP contribution in [0.15, 0.2) is 30.3 Å². The van der Waals surface area contributed by atoms with E-state index in [1.54, 1.807) is 30.3 Å². The zero-order valence-corrected chi connectivity index (χ0v) is 8.66. The van der Waals surface area contributed by atoms with Crippen LogP contribution in [0.5, 0.6) is 0 Å². The Morgan fingerprint density at radius 2 is 2.00 bits per heavy atom. The molecule has 3 N–H and O–H groups in total. The second-order valence-corrected chi connectivity index (χ2v) is 3.01. The maximum absolute atomic E-state index is 11.3. The molecular weight excluding hydrogens is 214 g/mol. The van der Waals surface area contributed by atoms with Gasteiger partial charge in [-0.1, -0.05) is 30.3 Å². The molecular formula is C10H13NO5. The third-order valence-corrected chi connectivity index (χ3v) is 1.99. The van der Waals surface area contributed by atoms with E-state index in [1.165, 1.54) is 7.11 Å². The van der Waals surface area contributed by atoms with Crippen molar-refractivity contribution in [1.82, 2.24) is 5.32 Å². The van der Waals surface area contributed by atoms with Crippen LogP contribution in [0.25, 0.3) is 0 Å². The third-order valence-electron chi connectivity index (χ3n) is 1.99. The van der Waals surface area contributed by atoms with Crippen molar-refractivity contribution in [3.8, 4) is 0 Å². The van der Waals surface area contributed by atoms with Crippen LogP contribution in [-0.4, -0.2) is 29.9 Å². The fourth-order valence-electron chi connectivity index (χ4n) is 1.21. The Bertz CT molecular complexity index is 329. The minimum absolute atomic E-state index is 0.539. The SMILES string of the molecule is COC(O)N[C@@H](C(=O)OO)c1ccccc1. The zero-order valence-electron chi connectivity index (χ0n) is 8.66. The Morgan fingerprint density at radius 3 is 2.50 bits per heavy atom. The number of aliphatic hydroxyl groups excluding tert-OH is 1. The van der Waals surface area contributed by atoms with Crippen molar-refractivity contribution in [3.63, 3.8) is 0 Å². The van der Waals surface area contributed by atoms with E-state index < -0.39 is 18.4 Å². The van der Waals surface area contributed by atoms with E-state index in [4.69, 9.17) is 5.26 Å². The van der Waals surface area contributed by atoms with Gasteiger partial charge in [0.2, 0.25) is 6.41 Å². The van der Waals surface area contributed by atoms with Crippen molar-refractivity contribution in [2.45, 2.75) is 12.5 Å². The van der Waals surface area contributed by atoms with Crippen LogP contribution in [0.2, 0.25) is 0 Å². The van der Waals surface area contributed by atoms with Gasteiger partial charge in [-0.2, -0.15) is 5.26 Å². The molecule has 0 bridgehead atoms. The molecule has 0 aliphatic heterocycles. The monoisotopic (exact) mass is 227 g/mol. The highest BCUT2D eigenvalue weighted by Crippen LogP contribution is 2.14. The first kappa shape index (κ1) is 12.6. The van der Waals surface area contributed by atoms with Gasteiger partial charge in [-0.15, -0.1) is 0 Å². The van der Waals surface area contributed by atoms with E-state index in [9.17, 15) is 9.90 Å². The Kier molecular flexibility index (Phi) is 4.87. The number of benzene rings is 1. The van der Waals surface area contributed by atoms with Crippen LogP contribution in [0.4, 0.5) is 0 Å². The molecule has 0 radical (unpaired) electrons. The molecule has 1 aromatic carbocycles. The number of hydrogen-bond acceptors (Lipinski definition) is 6. The number of methoxy groups -OCH3 is 1. The van der Waals surface area contributed by atoms with E-state index in [0.29, 0.717) is 5.56 Å². The highest BCUT2D eigenvalue weighted by atomic mass is 17.1. The van der Waals surface area contributed by atoms with Gasteiger partial charge in [-0.25, -0.2) is 4.79 Å². The number of carbonyl (C=O) groups excluding carboxylic acids is 1. The molecule has 6 nitrogen and oxygen atoms in total. The van der Waals surface area contributed by atoms with Crippen molar-refractivity contribution in [3.05, 3.63) is 35.9 Å². The largest absolute Gasteiger partial charge is 0.363 e. The lowest BCUT2D eigenvalue weighted by atomic mass is 10.1. The Labute approximate surface area is 92.3 Å². The molecule has 0 aromatic heterocycles. The van der Waals surface area contributed by atoms with Crippen LogP contribution in [0.3, 0.4) is 0 Å². The molecule has 1 aromatic rings. The molecule has 1 unspecified atom stereocenters. The number of rotatable bonds is 5. The summed E-state index contributed by atoms with van der Waals surface area (Å²) < 4.78 is 4.55. The van der Waals surface area contributed by atoms with Gasteiger partial charge in [0.25, 0.3) is 0 Å². The molecule has 0 spiro atoms. The van der Waals surface area contributed by atoms with Crippen molar-refractivity contribution in [2.75, 3.05) is 7.11 Å². The van der Waals surface area contributed by atoms with Gasteiger partial charge in [0.05, 0.1) is 0 Å². The second kappa shape index (κ2) is 6.19. The number of hydrogen-bond donors (Lipinski definition) is 3. The van der Waals surface area contributed by atoms with E-state index >= 15 is 0 Å². The molecule has 88 valence electrons. The van der Waals surface area contributed by atoms with Gasteiger partial charge in [0, 0.05) is 7.11 Å². The average molecular weight is 227 g/mol. The van der Waals surface area contributed by atoms with Crippen molar-refractivity contribution in [2.24, 2.45) is 0 Å². The molecule has 0 aliphatic carbocycles. The molecule has 0 fully saturated rings. The first-order chi connectivity index (χ1) is 7.69. The first-order valence-corrected chi connectivity index (χ1v) is 4.56. The van der Waals surface area contributed by atoms with Gasteiger partial charge in [0.15, 0.2) is 0 Å². The third kappa shape index (κ3) is 3.28. The average Bonchev–Trinajstić information content (AvgIpc) is 2.35. The summed E-state index contributed by atoms with van der Waals surface area (Å²) in [7, 11) is 1.27. The van der Waals surface area contributed by atoms with Gasteiger partial charge in [0.1, 0.15) is 6.04 Å². The molecule has 2 atom stereocenters. The van der Waals surface area contributed by atoms with Gasteiger partial charge >= 0.3 is 5.97 Å². The van der Waals surface area contributed by atoms with Crippen LogP contribution >= 0.6 is 0 Å². The molecule has 0 amide bonds. The summed E-state index contributed by atoms with van der Waals surface area (Å²) in [6.45, 7) is 0. The molecule has 1 rings (SSSR count). The van der Waals surface area contributed by atoms with Crippen LogP contribution in [0, 0.1) is 0 Å². The highest BCUT2D eigenvalue weighted by molar-refractivity contribution is 5.77. The standard InChI is InChI=1S/C10H13NO5/c1-15-10(13)11-8(9(12)16-14)7-5-3-2-4-6-7/h2-6,8,10-11,13-14H,1H3/t8-,10?/m1/s1. The first-order valence-electron chi connectivity index (χ1n) is 4.56. The predicted molar refractivity (Wildman–Crippen MR) is 54.1 cm³/mol. The van der Waals surface area contributed by atoms with E-state index in [0.717, 1.165) is 0 Å². The Morgan fingerprint density at radius 1 is 1.38 bits per heavy atom.